The van der Waals surface area contributed by atoms with Crippen LogP contribution in [0.5, 0.6) is 5.75 Å². The predicted molar refractivity (Wildman–Crippen MR) is 104 cm³/mol. The number of para-hydroxylation sites is 2. The fourth-order valence-electron chi connectivity index (χ4n) is 3.12. The van der Waals surface area contributed by atoms with Crippen LogP contribution in [-0.4, -0.2) is 12.8 Å². The first kappa shape index (κ1) is 18.4. The molecule has 0 saturated heterocycles. The minimum absolute atomic E-state index is 0.0187. The summed E-state index contributed by atoms with van der Waals surface area (Å²) < 4.78 is 6.53. The molecule has 0 bridgehead atoms. The SMILES string of the molecule is CCN(c1ccccc1)C(C)Oc1c(C(C)C)cccc1C(C)C. The Morgan fingerprint density at radius 1 is 0.792 bits per heavy atom. The molecule has 0 aromatic heterocycles. The normalized spacial score (nSPS) is 12.5. The van der Waals surface area contributed by atoms with Gasteiger partial charge in [0.15, 0.2) is 6.23 Å². The Balaban J connectivity index is 2.35. The number of nitrogens with zero attached hydrogens (tertiary/aromatic N) is 1. The Labute approximate surface area is 147 Å². The third-order valence-electron chi connectivity index (χ3n) is 4.48. The lowest BCUT2D eigenvalue weighted by Crippen LogP contribution is -2.37. The van der Waals surface area contributed by atoms with Crippen molar-refractivity contribution >= 4 is 5.69 Å². The number of benzene rings is 2. The van der Waals surface area contributed by atoms with Crippen molar-refractivity contribution in [1.82, 2.24) is 0 Å². The van der Waals surface area contributed by atoms with E-state index in [0.717, 1.165) is 12.3 Å². The lowest BCUT2D eigenvalue weighted by atomic mass is 9.94. The van der Waals surface area contributed by atoms with Gasteiger partial charge in [-0.2, -0.15) is 0 Å². The van der Waals surface area contributed by atoms with E-state index in [9.17, 15) is 0 Å². The van der Waals surface area contributed by atoms with E-state index in [1.165, 1.54) is 16.8 Å². The summed E-state index contributed by atoms with van der Waals surface area (Å²) in [6, 6.07) is 17.0. The zero-order valence-corrected chi connectivity index (χ0v) is 15.9. The van der Waals surface area contributed by atoms with Crippen molar-refractivity contribution in [2.24, 2.45) is 0 Å². The first-order valence-corrected chi connectivity index (χ1v) is 9.06. The molecule has 130 valence electrons. The maximum atomic E-state index is 6.53. The van der Waals surface area contributed by atoms with E-state index in [2.05, 4.69) is 88.9 Å². The Hall–Kier alpha value is -1.96. The van der Waals surface area contributed by atoms with Gasteiger partial charge in [-0.25, -0.2) is 0 Å². The number of ether oxygens (including phenoxy) is 1. The Morgan fingerprint density at radius 2 is 1.33 bits per heavy atom. The summed E-state index contributed by atoms with van der Waals surface area (Å²) in [6.45, 7) is 14.1. The number of rotatable bonds is 7. The standard InChI is InChI=1S/C22H31NO/c1-7-23(19-12-9-8-10-13-19)18(6)24-22-20(16(2)3)14-11-15-21(22)17(4)5/h8-18H,7H2,1-6H3. The zero-order valence-electron chi connectivity index (χ0n) is 15.9. The second-order valence-electron chi connectivity index (χ2n) is 6.91. The van der Waals surface area contributed by atoms with Crippen molar-refractivity contribution in [3.63, 3.8) is 0 Å². The van der Waals surface area contributed by atoms with Crippen molar-refractivity contribution in [1.29, 1.82) is 0 Å². The van der Waals surface area contributed by atoms with Crippen LogP contribution in [-0.2, 0) is 0 Å². The fraction of sp³-hybridized carbons (Fsp3) is 0.455. The summed E-state index contributed by atoms with van der Waals surface area (Å²) in [5, 5.41) is 0. The van der Waals surface area contributed by atoms with Crippen molar-refractivity contribution in [3.05, 3.63) is 59.7 Å². The Morgan fingerprint density at radius 3 is 1.79 bits per heavy atom. The highest BCUT2D eigenvalue weighted by Crippen LogP contribution is 2.35. The molecule has 24 heavy (non-hydrogen) atoms. The molecule has 0 saturated carbocycles. The Kier molecular flexibility index (Phi) is 6.30. The minimum atomic E-state index is -0.0187. The highest BCUT2D eigenvalue weighted by atomic mass is 16.5. The van der Waals surface area contributed by atoms with Crippen LogP contribution in [0, 0.1) is 0 Å². The van der Waals surface area contributed by atoms with Gasteiger partial charge < -0.3 is 9.64 Å². The van der Waals surface area contributed by atoms with Gasteiger partial charge in [0, 0.05) is 12.2 Å². The second kappa shape index (κ2) is 8.23. The number of anilines is 1. The van der Waals surface area contributed by atoms with Crippen LogP contribution in [0.15, 0.2) is 48.5 Å². The summed E-state index contributed by atoms with van der Waals surface area (Å²) in [6.07, 6.45) is -0.0187. The molecule has 2 nitrogen and oxygen atoms in total. The molecule has 0 aliphatic rings. The van der Waals surface area contributed by atoms with Gasteiger partial charge in [0.1, 0.15) is 5.75 Å². The summed E-state index contributed by atoms with van der Waals surface area (Å²) in [5.41, 5.74) is 3.77. The summed E-state index contributed by atoms with van der Waals surface area (Å²) in [4.78, 5) is 2.29. The van der Waals surface area contributed by atoms with Gasteiger partial charge in [0.05, 0.1) is 0 Å². The topological polar surface area (TPSA) is 12.5 Å². The number of hydrogen-bond acceptors (Lipinski definition) is 2. The fourth-order valence-corrected chi connectivity index (χ4v) is 3.12. The summed E-state index contributed by atoms with van der Waals surface area (Å²) in [5.74, 6) is 1.94. The van der Waals surface area contributed by atoms with Crippen LogP contribution < -0.4 is 9.64 Å². The minimum Gasteiger partial charge on any atom is -0.470 e. The van der Waals surface area contributed by atoms with Gasteiger partial charge in [-0.15, -0.1) is 0 Å². The van der Waals surface area contributed by atoms with Crippen LogP contribution >= 0.6 is 0 Å². The van der Waals surface area contributed by atoms with Crippen LogP contribution in [0.1, 0.15) is 64.5 Å². The molecule has 0 spiro atoms. The van der Waals surface area contributed by atoms with Gasteiger partial charge >= 0.3 is 0 Å². The number of hydrogen-bond donors (Lipinski definition) is 0. The van der Waals surface area contributed by atoms with Gasteiger partial charge in [-0.3, -0.25) is 0 Å². The quantitative estimate of drug-likeness (QED) is 0.563. The molecule has 0 aliphatic carbocycles. The predicted octanol–water partition coefficient (Wildman–Crippen LogP) is 6.18. The van der Waals surface area contributed by atoms with Gasteiger partial charge in [0.2, 0.25) is 0 Å². The summed E-state index contributed by atoms with van der Waals surface area (Å²) in [7, 11) is 0. The molecule has 2 aromatic rings. The molecule has 2 aromatic carbocycles. The maximum Gasteiger partial charge on any atom is 0.169 e. The summed E-state index contributed by atoms with van der Waals surface area (Å²) >= 11 is 0. The van der Waals surface area contributed by atoms with Crippen LogP contribution in [0.2, 0.25) is 0 Å². The molecule has 0 fully saturated rings. The molecule has 0 heterocycles. The van der Waals surface area contributed by atoms with E-state index in [1.807, 2.05) is 6.07 Å². The molecule has 1 atom stereocenters. The monoisotopic (exact) mass is 325 g/mol. The lowest BCUT2D eigenvalue weighted by Gasteiger charge is -2.32. The molecule has 2 rings (SSSR count). The van der Waals surface area contributed by atoms with Crippen LogP contribution in [0.25, 0.3) is 0 Å². The van der Waals surface area contributed by atoms with Gasteiger partial charge in [-0.1, -0.05) is 64.1 Å². The lowest BCUT2D eigenvalue weighted by molar-refractivity contribution is 0.210. The van der Waals surface area contributed by atoms with E-state index in [1.54, 1.807) is 0 Å². The molecule has 0 aliphatic heterocycles. The highest BCUT2D eigenvalue weighted by Gasteiger charge is 2.20. The molecule has 0 amide bonds. The average Bonchev–Trinajstić information content (AvgIpc) is 2.56. The first-order chi connectivity index (χ1) is 11.5. The molecular formula is C22H31NO. The van der Waals surface area contributed by atoms with Crippen molar-refractivity contribution in [2.45, 2.75) is 59.6 Å². The van der Waals surface area contributed by atoms with Crippen molar-refractivity contribution in [2.75, 3.05) is 11.4 Å². The molecule has 0 radical (unpaired) electrons. The Bertz CT molecular complexity index is 607. The van der Waals surface area contributed by atoms with E-state index in [4.69, 9.17) is 4.74 Å². The largest absolute Gasteiger partial charge is 0.470 e. The van der Waals surface area contributed by atoms with E-state index >= 15 is 0 Å². The first-order valence-electron chi connectivity index (χ1n) is 9.06. The van der Waals surface area contributed by atoms with Crippen molar-refractivity contribution < 1.29 is 4.74 Å². The third kappa shape index (κ3) is 4.11. The van der Waals surface area contributed by atoms with Crippen molar-refractivity contribution in [3.8, 4) is 5.75 Å². The van der Waals surface area contributed by atoms with Gasteiger partial charge in [0.25, 0.3) is 0 Å². The van der Waals surface area contributed by atoms with Crippen LogP contribution in [0.3, 0.4) is 0 Å². The van der Waals surface area contributed by atoms with Crippen LogP contribution in [0.4, 0.5) is 5.69 Å². The second-order valence-corrected chi connectivity index (χ2v) is 6.91. The van der Waals surface area contributed by atoms with Gasteiger partial charge in [-0.05, 0) is 48.9 Å². The molecule has 1 unspecified atom stereocenters. The molecule has 0 N–H and O–H groups in total. The van der Waals surface area contributed by atoms with E-state index < -0.39 is 0 Å². The molecular weight excluding hydrogens is 294 g/mol. The van der Waals surface area contributed by atoms with E-state index in [-0.39, 0.29) is 6.23 Å². The third-order valence-corrected chi connectivity index (χ3v) is 4.48. The molecule has 2 heteroatoms. The maximum absolute atomic E-state index is 6.53. The average molecular weight is 325 g/mol. The van der Waals surface area contributed by atoms with E-state index in [0.29, 0.717) is 11.8 Å². The smallest absolute Gasteiger partial charge is 0.169 e. The zero-order chi connectivity index (χ0) is 17.7. The highest BCUT2D eigenvalue weighted by molar-refractivity contribution is 5.48.